The molecule has 0 amide bonds. The van der Waals surface area contributed by atoms with Gasteiger partial charge in [0.1, 0.15) is 5.76 Å². The van der Waals surface area contributed by atoms with E-state index in [1.54, 1.807) is 0 Å². The summed E-state index contributed by atoms with van der Waals surface area (Å²) in [7, 11) is 0. The molecule has 0 aromatic carbocycles. The Bertz CT molecular complexity index is 651. The first-order valence-electron chi connectivity index (χ1n) is 6.81. The first-order valence-corrected chi connectivity index (χ1v) is 7.62. The number of carbonyl (C=O) groups is 1. The Morgan fingerprint density at radius 3 is 2.48 bits per heavy atom. The van der Waals surface area contributed by atoms with Crippen molar-refractivity contribution in [3.05, 3.63) is 32.6 Å². The molecular weight excluding hydrogens is 288 g/mol. The van der Waals surface area contributed by atoms with Crippen molar-refractivity contribution in [2.45, 2.75) is 52.9 Å². The molecule has 6 heteroatoms. The number of aryl methyl sites for hydroxylation is 3. The predicted octanol–water partition coefficient (Wildman–Crippen LogP) is 3.20. The van der Waals surface area contributed by atoms with Crippen LogP contribution in [-0.2, 0) is 23.1 Å². The van der Waals surface area contributed by atoms with Gasteiger partial charge in [0.15, 0.2) is 0 Å². The summed E-state index contributed by atoms with van der Waals surface area (Å²) in [4.78, 5) is 16.3. The molecule has 0 saturated heterocycles. The van der Waals surface area contributed by atoms with Gasteiger partial charge in [0, 0.05) is 15.9 Å². The Morgan fingerprint density at radius 1 is 1.29 bits per heavy atom. The molecule has 0 saturated carbocycles. The minimum Gasteiger partial charge on any atom is -0.481 e. The van der Waals surface area contributed by atoms with E-state index >= 15 is 0 Å². The lowest BCUT2D eigenvalue weighted by molar-refractivity contribution is -0.136. The number of aliphatic carboxylic acids is 1. The summed E-state index contributed by atoms with van der Waals surface area (Å²) in [5, 5.41) is 13.9. The zero-order valence-electron chi connectivity index (χ0n) is 13.0. The fourth-order valence-corrected chi connectivity index (χ4v) is 3.44. The van der Waals surface area contributed by atoms with Crippen LogP contribution in [0.25, 0.3) is 0 Å². The quantitative estimate of drug-likeness (QED) is 0.918. The van der Waals surface area contributed by atoms with E-state index in [4.69, 9.17) is 9.63 Å². The zero-order chi connectivity index (χ0) is 15.8. The highest BCUT2D eigenvalue weighted by Gasteiger charge is 2.29. The van der Waals surface area contributed by atoms with Crippen LogP contribution in [0, 0.1) is 20.8 Å². The van der Waals surface area contributed by atoms with Crippen molar-refractivity contribution in [1.82, 2.24) is 10.1 Å². The fourth-order valence-electron chi connectivity index (χ4n) is 2.29. The van der Waals surface area contributed by atoms with Crippen LogP contribution in [0.1, 0.15) is 46.4 Å². The van der Waals surface area contributed by atoms with E-state index in [-0.39, 0.29) is 11.8 Å². The number of thiazole rings is 1. The maximum absolute atomic E-state index is 10.9. The third-order valence-corrected chi connectivity index (χ3v) is 5.11. The number of nitrogens with zero attached hydrogens (tertiary/aromatic N) is 2. The van der Waals surface area contributed by atoms with Crippen LogP contribution in [0.5, 0.6) is 0 Å². The van der Waals surface area contributed by atoms with Crippen molar-refractivity contribution >= 4 is 17.3 Å². The van der Waals surface area contributed by atoms with Gasteiger partial charge in [-0.05, 0) is 27.2 Å². The molecule has 114 valence electrons. The van der Waals surface area contributed by atoms with Gasteiger partial charge in [-0.25, -0.2) is 4.98 Å². The molecule has 0 aliphatic rings. The maximum atomic E-state index is 10.9. The highest BCUT2D eigenvalue weighted by atomic mass is 32.1. The molecule has 2 aromatic heterocycles. The summed E-state index contributed by atoms with van der Waals surface area (Å²) in [6.07, 6.45) is 0.804. The highest BCUT2D eigenvalue weighted by Crippen LogP contribution is 2.34. The third kappa shape index (κ3) is 3.32. The van der Waals surface area contributed by atoms with Gasteiger partial charge < -0.3 is 9.63 Å². The van der Waals surface area contributed by atoms with Crippen LogP contribution < -0.4 is 0 Å². The zero-order valence-corrected chi connectivity index (χ0v) is 13.8. The summed E-state index contributed by atoms with van der Waals surface area (Å²) < 4.78 is 5.21. The van der Waals surface area contributed by atoms with Crippen molar-refractivity contribution < 1.29 is 14.4 Å². The predicted molar refractivity (Wildman–Crippen MR) is 80.9 cm³/mol. The van der Waals surface area contributed by atoms with E-state index in [9.17, 15) is 4.79 Å². The Labute approximate surface area is 128 Å². The van der Waals surface area contributed by atoms with E-state index in [2.05, 4.69) is 24.0 Å². The summed E-state index contributed by atoms with van der Waals surface area (Å²) in [5.74, 6) is 0.0106. The first kappa shape index (κ1) is 15.7. The van der Waals surface area contributed by atoms with Crippen LogP contribution in [0.3, 0.4) is 0 Å². The molecule has 0 aliphatic carbocycles. The molecule has 0 bridgehead atoms. The second-order valence-electron chi connectivity index (χ2n) is 5.96. The Kier molecular flexibility index (Phi) is 4.18. The van der Waals surface area contributed by atoms with E-state index in [0.717, 1.165) is 39.0 Å². The van der Waals surface area contributed by atoms with E-state index < -0.39 is 5.97 Å². The van der Waals surface area contributed by atoms with Crippen molar-refractivity contribution in [1.29, 1.82) is 0 Å². The van der Waals surface area contributed by atoms with Gasteiger partial charge in [-0.3, -0.25) is 4.79 Å². The van der Waals surface area contributed by atoms with Gasteiger partial charge in [-0.1, -0.05) is 19.0 Å². The average molecular weight is 308 g/mol. The number of rotatable bonds is 5. The molecule has 0 aliphatic heterocycles. The summed E-state index contributed by atoms with van der Waals surface area (Å²) >= 11 is 1.49. The lowest BCUT2D eigenvalue weighted by atomic mass is 9.86. The first-order chi connectivity index (χ1) is 9.70. The van der Waals surface area contributed by atoms with Crippen LogP contribution >= 0.6 is 11.3 Å². The monoisotopic (exact) mass is 308 g/mol. The van der Waals surface area contributed by atoms with E-state index in [1.165, 1.54) is 11.3 Å². The SMILES string of the molecule is Cc1nc(C(C)(C)Cc2c(C)noc2C)sc1CC(=O)O. The van der Waals surface area contributed by atoms with Crippen LogP contribution in [0.15, 0.2) is 4.52 Å². The smallest absolute Gasteiger partial charge is 0.308 e. The van der Waals surface area contributed by atoms with Gasteiger partial charge in [-0.15, -0.1) is 11.3 Å². The molecule has 2 heterocycles. The van der Waals surface area contributed by atoms with E-state index in [0.29, 0.717) is 0 Å². The van der Waals surface area contributed by atoms with Gasteiger partial charge in [-0.2, -0.15) is 0 Å². The molecule has 2 rings (SSSR count). The molecule has 5 nitrogen and oxygen atoms in total. The molecule has 0 atom stereocenters. The summed E-state index contributed by atoms with van der Waals surface area (Å²) in [5.41, 5.74) is 2.63. The minimum atomic E-state index is -0.822. The number of aromatic nitrogens is 2. The lowest BCUT2D eigenvalue weighted by Crippen LogP contribution is -2.21. The number of hydrogen-bond donors (Lipinski definition) is 1. The Balaban J connectivity index is 2.29. The second-order valence-corrected chi connectivity index (χ2v) is 7.05. The number of carboxylic acid groups (broad SMARTS) is 1. The van der Waals surface area contributed by atoms with Crippen molar-refractivity contribution in [2.75, 3.05) is 0 Å². The molecule has 0 radical (unpaired) electrons. The van der Waals surface area contributed by atoms with Gasteiger partial charge in [0.2, 0.25) is 0 Å². The molecule has 2 aromatic rings. The highest BCUT2D eigenvalue weighted by molar-refractivity contribution is 7.12. The molecule has 21 heavy (non-hydrogen) atoms. The van der Waals surface area contributed by atoms with Gasteiger partial charge in [0.25, 0.3) is 0 Å². The van der Waals surface area contributed by atoms with Crippen LogP contribution in [0.2, 0.25) is 0 Å². The topological polar surface area (TPSA) is 76.2 Å². The fraction of sp³-hybridized carbons (Fsp3) is 0.533. The van der Waals surface area contributed by atoms with Gasteiger partial charge >= 0.3 is 5.97 Å². The maximum Gasteiger partial charge on any atom is 0.308 e. The van der Waals surface area contributed by atoms with Crippen LogP contribution in [-0.4, -0.2) is 21.2 Å². The lowest BCUT2D eigenvalue weighted by Gasteiger charge is -2.21. The molecular formula is C15H20N2O3S. The Morgan fingerprint density at radius 2 is 1.95 bits per heavy atom. The molecule has 0 fully saturated rings. The summed E-state index contributed by atoms with van der Waals surface area (Å²) in [6.45, 7) is 9.94. The third-order valence-electron chi connectivity index (χ3n) is 3.58. The largest absolute Gasteiger partial charge is 0.481 e. The van der Waals surface area contributed by atoms with Crippen molar-refractivity contribution in [3.8, 4) is 0 Å². The number of hydrogen-bond acceptors (Lipinski definition) is 5. The van der Waals surface area contributed by atoms with Crippen molar-refractivity contribution in [3.63, 3.8) is 0 Å². The Hall–Kier alpha value is -1.69. The average Bonchev–Trinajstić information content (AvgIpc) is 2.87. The summed E-state index contributed by atoms with van der Waals surface area (Å²) in [6, 6.07) is 0. The van der Waals surface area contributed by atoms with Crippen molar-refractivity contribution in [2.24, 2.45) is 0 Å². The standard InChI is InChI=1S/C15H20N2O3S/c1-8-11(10(3)20-17-8)7-15(4,5)14-16-9(2)12(21-14)6-13(18)19/h6-7H2,1-5H3,(H,18,19). The number of carboxylic acids is 1. The molecule has 0 unspecified atom stereocenters. The van der Waals surface area contributed by atoms with E-state index in [1.807, 2.05) is 20.8 Å². The normalized spacial score (nSPS) is 11.9. The molecule has 0 spiro atoms. The molecule has 1 N–H and O–H groups in total. The van der Waals surface area contributed by atoms with Crippen LogP contribution in [0.4, 0.5) is 0 Å². The minimum absolute atomic E-state index is 0.0326. The van der Waals surface area contributed by atoms with Gasteiger partial charge in [0.05, 0.1) is 22.8 Å². The second kappa shape index (κ2) is 5.60.